The van der Waals surface area contributed by atoms with Crippen LogP contribution in [0.15, 0.2) is 24.3 Å². The third-order valence-electron chi connectivity index (χ3n) is 7.11. The lowest BCUT2D eigenvalue weighted by Gasteiger charge is -2.33. The molecule has 10 nitrogen and oxygen atoms in total. The topological polar surface area (TPSA) is 146 Å². The van der Waals surface area contributed by atoms with Gasteiger partial charge >= 0.3 is 6.03 Å². The number of nitrogens with one attached hydrogen (secondary N) is 5. The van der Waals surface area contributed by atoms with Crippen LogP contribution in [-0.4, -0.2) is 53.2 Å². The molecule has 0 saturated heterocycles. The molecule has 0 radical (unpaired) electrons. The van der Waals surface area contributed by atoms with Crippen molar-refractivity contribution in [3.63, 3.8) is 0 Å². The quantitative estimate of drug-likeness (QED) is 0.282. The molecule has 0 heterocycles. The van der Waals surface area contributed by atoms with Gasteiger partial charge in [0.1, 0.15) is 6.04 Å². The summed E-state index contributed by atoms with van der Waals surface area (Å²) in [4.78, 5) is 65.3. The Morgan fingerprint density at radius 3 is 2.15 bits per heavy atom. The summed E-state index contributed by atoms with van der Waals surface area (Å²) in [5.41, 5.74) is 0.623. The fourth-order valence-electron chi connectivity index (χ4n) is 4.92. The highest BCUT2D eigenvalue weighted by Gasteiger charge is 2.42. The molecule has 10 heteroatoms. The molecule has 1 aromatic carbocycles. The highest BCUT2D eigenvalue weighted by atomic mass is 16.2. The normalized spacial score (nSPS) is 20.0. The highest BCUT2D eigenvalue weighted by Crippen LogP contribution is 2.37. The number of hydrogen-bond donors (Lipinski definition) is 5. The van der Waals surface area contributed by atoms with E-state index in [0.29, 0.717) is 19.3 Å². The van der Waals surface area contributed by atoms with E-state index < -0.39 is 64.5 Å². The second-order valence-corrected chi connectivity index (χ2v) is 13.1. The molecule has 0 bridgehead atoms. The van der Waals surface area contributed by atoms with Crippen LogP contribution in [0.4, 0.5) is 4.79 Å². The van der Waals surface area contributed by atoms with Crippen LogP contribution in [0, 0.1) is 11.3 Å². The van der Waals surface area contributed by atoms with Crippen molar-refractivity contribution >= 4 is 29.5 Å². The predicted octanol–water partition coefficient (Wildman–Crippen LogP) is 2.66. The van der Waals surface area contributed by atoms with E-state index in [1.54, 1.807) is 0 Å². The maximum Gasteiger partial charge on any atom is 0.315 e. The number of ketones is 1. The van der Waals surface area contributed by atoms with Crippen molar-refractivity contribution in [1.82, 2.24) is 26.6 Å². The molecule has 0 spiro atoms. The van der Waals surface area contributed by atoms with Crippen LogP contribution in [0.3, 0.4) is 0 Å². The first kappa shape index (κ1) is 31.1. The number of Topliss-reactive ketones (excluding diaryl/α,β-unsaturated/α-hetero) is 1. The third kappa shape index (κ3) is 8.29. The van der Waals surface area contributed by atoms with Crippen LogP contribution >= 0.6 is 0 Å². The van der Waals surface area contributed by atoms with Gasteiger partial charge in [0.2, 0.25) is 17.6 Å². The number of rotatable bonds is 10. The van der Waals surface area contributed by atoms with Crippen molar-refractivity contribution < 1.29 is 24.0 Å². The number of carbonyl (C=O) groups is 5. The molecule has 1 fully saturated rings. The average molecular weight is 556 g/mol. The summed E-state index contributed by atoms with van der Waals surface area (Å²) in [6.45, 7) is 13.0. The number of amides is 5. The molecule has 2 aliphatic rings. The SMILES string of the molecule is CCC[C@H](NC(=O)C1Cc2ccccc2[C@@H]1NC(=O)[C@@H](NC(=O)NC(C)(C)C)C(C)(C)C)C(=O)C(=O)NC1CC1. The molecule has 1 aromatic rings. The van der Waals surface area contributed by atoms with Crippen LogP contribution in [-0.2, 0) is 25.6 Å². The Morgan fingerprint density at radius 2 is 1.57 bits per heavy atom. The molecule has 3 rings (SSSR count). The van der Waals surface area contributed by atoms with Crippen molar-refractivity contribution in [1.29, 1.82) is 0 Å². The summed E-state index contributed by atoms with van der Waals surface area (Å²) < 4.78 is 0. The van der Waals surface area contributed by atoms with Crippen LogP contribution in [0.2, 0.25) is 0 Å². The zero-order valence-electron chi connectivity index (χ0n) is 24.8. The van der Waals surface area contributed by atoms with E-state index in [1.165, 1.54) is 0 Å². The molecular weight excluding hydrogens is 510 g/mol. The summed E-state index contributed by atoms with van der Waals surface area (Å²) in [6, 6.07) is 4.59. The molecule has 1 unspecified atom stereocenters. The smallest absolute Gasteiger partial charge is 0.315 e. The number of hydrogen-bond acceptors (Lipinski definition) is 5. The molecule has 0 aliphatic heterocycles. The van der Waals surface area contributed by atoms with Crippen LogP contribution in [0.25, 0.3) is 0 Å². The molecule has 220 valence electrons. The van der Waals surface area contributed by atoms with E-state index in [2.05, 4.69) is 26.6 Å². The zero-order chi connectivity index (χ0) is 29.8. The van der Waals surface area contributed by atoms with Crippen LogP contribution in [0.5, 0.6) is 0 Å². The van der Waals surface area contributed by atoms with Gasteiger partial charge in [-0.15, -0.1) is 0 Å². The Bertz CT molecular complexity index is 1130. The number of urea groups is 1. The Labute approximate surface area is 237 Å². The standard InChI is InChI=1S/C30H45N5O5/c1-8-11-21(23(36)26(38)31-18-14-15-18)32-25(37)20-16-17-12-9-10-13-19(17)22(20)33-27(39)24(29(2,3)4)34-28(40)35-30(5,6)7/h9-10,12-13,18,20-22,24H,8,11,14-16H2,1-7H3,(H,31,38)(H,32,37)(H,33,39)(H2,34,35,40)/t20?,21-,22-,24+/m0/s1. The number of fused-ring (bicyclic) bond motifs is 1. The molecule has 5 amide bonds. The summed E-state index contributed by atoms with van der Waals surface area (Å²) in [5.74, 6) is -2.84. The average Bonchev–Trinajstić information content (AvgIpc) is 3.58. The maximum atomic E-state index is 13.7. The van der Waals surface area contributed by atoms with Crippen molar-refractivity contribution in [2.75, 3.05) is 0 Å². The van der Waals surface area contributed by atoms with E-state index in [0.717, 1.165) is 24.0 Å². The Kier molecular flexibility index (Phi) is 9.64. The molecular formula is C30H45N5O5. The molecule has 0 aromatic heterocycles. The van der Waals surface area contributed by atoms with Gasteiger partial charge < -0.3 is 26.6 Å². The van der Waals surface area contributed by atoms with Crippen molar-refractivity contribution in [2.45, 2.75) is 110 Å². The first-order valence-corrected chi connectivity index (χ1v) is 14.2. The minimum Gasteiger partial charge on any atom is -0.347 e. The van der Waals surface area contributed by atoms with Crippen LogP contribution in [0.1, 0.15) is 91.3 Å². The van der Waals surface area contributed by atoms with Gasteiger partial charge in [-0.25, -0.2) is 4.79 Å². The highest BCUT2D eigenvalue weighted by molar-refractivity contribution is 6.38. The predicted molar refractivity (Wildman–Crippen MR) is 152 cm³/mol. The second-order valence-electron chi connectivity index (χ2n) is 13.1. The molecule has 4 atom stereocenters. The molecule has 5 N–H and O–H groups in total. The summed E-state index contributed by atoms with van der Waals surface area (Å²) in [6.07, 6.45) is 3.01. The first-order valence-electron chi connectivity index (χ1n) is 14.2. The minimum absolute atomic E-state index is 0.0354. The Hall–Kier alpha value is -3.43. The van der Waals surface area contributed by atoms with Gasteiger partial charge in [-0.2, -0.15) is 0 Å². The van der Waals surface area contributed by atoms with Crippen molar-refractivity contribution in [3.05, 3.63) is 35.4 Å². The van der Waals surface area contributed by atoms with E-state index in [1.807, 2.05) is 72.7 Å². The number of benzene rings is 1. The van der Waals surface area contributed by atoms with Crippen molar-refractivity contribution in [3.8, 4) is 0 Å². The minimum atomic E-state index is -0.943. The Balaban J connectivity index is 1.80. The molecule has 2 aliphatic carbocycles. The van der Waals surface area contributed by atoms with E-state index in [4.69, 9.17) is 0 Å². The van der Waals surface area contributed by atoms with Gasteiger partial charge in [0.05, 0.1) is 18.0 Å². The lowest BCUT2D eigenvalue weighted by atomic mass is 9.85. The monoisotopic (exact) mass is 555 g/mol. The largest absolute Gasteiger partial charge is 0.347 e. The fraction of sp³-hybridized carbons (Fsp3) is 0.633. The van der Waals surface area contributed by atoms with Gasteiger partial charge in [-0.1, -0.05) is 58.4 Å². The summed E-state index contributed by atoms with van der Waals surface area (Å²) >= 11 is 0. The lowest BCUT2D eigenvalue weighted by Crippen LogP contribution is -2.59. The molecule has 40 heavy (non-hydrogen) atoms. The van der Waals surface area contributed by atoms with Gasteiger partial charge in [0.15, 0.2) is 0 Å². The van der Waals surface area contributed by atoms with Gasteiger partial charge in [-0.05, 0) is 63.0 Å². The van der Waals surface area contributed by atoms with Crippen LogP contribution < -0.4 is 26.6 Å². The van der Waals surface area contributed by atoms with Gasteiger partial charge in [0.25, 0.3) is 5.91 Å². The first-order chi connectivity index (χ1) is 18.6. The second kappa shape index (κ2) is 12.4. The van der Waals surface area contributed by atoms with E-state index in [-0.39, 0.29) is 6.04 Å². The van der Waals surface area contributed by atoms with E-state index >= 15 is 0 Å². The zero-order valence-corrected chi connectivity index (χ0v) is 24.8. The third-order valence-corrected chi connectivity index (χ3v) is 7.11. The Morgan fingerprint density at radius 1 is 0.925 bits per heavy atom. The summed E-state index contributed by atoms with van der Waals surface area (Å²) in [5, 5.41) is 14.2. The number of carbonyl (C=O) groups excluding carboxylic acids is 5. The summed E-state index contributed by atoms with van der Waals surface area (Å²) in [7, 11) is 0. The maximum absolute atomic E-state index is 13.7. The van der Waals surface area contributed by atoms with Gasteiger partial charge in [0, 0.05) is 11.6 Å². The molecule has 1 saturated carbocycles. The van der Waals surface area contributed by atoms with E-state index in [9.17, 15) is 24.0 Å². The lowest BCUT2D eigenvalue weighted by molar-refractivity contribution is -0.140. The van der Waals surface area contributed by atoms with Gasteiger partial charge in [-0.3, -0.25) is 19.2 Å². The van der Waals surface area contributed by atoms with Crippen molar-refractivity contribution in [2.24, 2.45) is 11.3 Å². The fourth-order valence-corrected chi connectivity index (χ4v) is 4.92.